The molecule has 3 fully saturated rings. The van der Waals surface area contributed by atoms with Crippen LogP contribution in [0.5, 0.6) is 0 Å². The molecule has 0 spiro atoms. The molecule has 0 N–H and O–H groups in total. The van der Waals surface area contributed by atoms with Crippen molar-refractivity contribution in [2.24, 2.45) is 11.3 Å². The number of carbonyl (C=O) groups excluding carboxylic acids is 2. The van der Waals surface area contributed by atoms with Gasteiger partial charge in [0.2, 0.25) is 0 Å². The second-order valence-electron chi connectivity index (χ2n) is 6.36. The molecule has 0 amide bonds. The molecule has 0 saturated carbocycles. The van der Waals surface area contributed by atoms with Crippen LogP contribution in [0.15, 0.2) is 0 Å². The zero-order valence-electron chi connectivity index (χ0n) is 11.7. The van der Waals surface area contributed by atoms with Gasteiger partial charge in [-0.2, -0.15) is 5.26 Å². The molecule has 0 aromatic rings. The Morgan fingerprint density at radius 3 is 2.85 bits per heavy atom. The Morgan fingerprint density at radius 1 is 1.55 bits per heavy atom. The predicted octanol–water partition coefficient (Wildman–Crippen LogP) is 0.941. The van der Waals surface area contributed by atoms with Crippen molar-refractivity contribution in [2.45, 2.75) is 57.5 Å². The number of nitriles is 1. The van der Waals surface area contributed by atoms with Gasteiger partial charge in [0.15, 0.2) is 17.8 Å². The van der Waals surface area contributed by atoms with Crippen molar-refractivity contribution in [3.8, 4) is 6.07 Å². The van der Waals surface area contributed by atoms with Crippen LogP contribution in [0.1, 0.15) is 33.6 Å². The molecular formula is C14H17NO5. The van der Waals surface area contributed by atoms with Gasteiger partial charge in [-0.15, -0.1) is 0 Å². The lowest BCUT2D eigenvalue weighted by atomic mass is 9.80. The van der Waals surface area contributed by atoms with Crippen LogP contribution >= 0.6 is 0 Å². The Morgan fingerprint density at radius 2 is 2.25 bits per heavy atom. The largest absolute Gasteiger partial charge is 0.455 e. The van der Waals surface area contributed by atoms with E-state index in [9.17, 15) is 14.9 Å². The average molecular weight is 279 g/mol. The molecule has 6 heteroatoms. The molecule has 20 heavy (non-hydrogen) atoms. The maximum absolute atomic E-state index is 12.2. The second kappa shape index (κ2) is 3.95. The van der Waals surface area contributed by atoms with Crippen LogP contribution in [0, 0.1) is 22.7 Å². The van der Waals surface area contributed by atoms with Gasteiger partial charge in [0.05, 0.1) is 11.3 Å². The third-order valence-electron chi connectivity index (χ3n) is 4.76. The van der Waals surface area contributed by atoms with Gasteiger partial charge in [-0.1, -0.05) is 6.92 Å². The first-order valence-corrected chi connectivity index (χ1v) is 6.85. The van der Waals surface area contributed by atoms with E-state index in [1.165, 1.54) is 0 Å². The Labute approximate surface area is 117 Å². The maximum Gasteiger partial charge on any atom is 0.312 e. The van der Waals surface area contributed by atoms with E-state index in [-0.39, 0.29) is 12.4 Å². The normalized spacial score (nSPS) is 41.4. The fourth-order valence-electron chi connectivity index (χ4n) is 3.02. The van der Waals surface area contributed by atoms with E-state index < -0.39 is 41.2 Å². The van der Waals surface area contributed by atoms with E-state index in [0.29, 0.717) is 6.42 Å². The minimum absolute atomic E-state index is 0.244. The summed E-state index contributed by atoms with van der Waals surface area (Å²) in [6, 6.07) is 2.08. The number of rotatable bonds is 3. The topological polar surface area (TPSA) is 85.6 Å². The molecule has 0 aromatic heterocycles. The molecule has 3 saturated heterocycles. The smallest absolute Gasteiger partial charge is 0.312 e. The molecule has 3 rings (SSSR count). The van der Waals surface area contributed by atoms with E-state index in [1.54, 1.807) is 13.8 Å². The second-order valence-corrected chi connectivity index (χ2v) is 6.36. The van der Waals surface area contributed by atoms with Crippen molar-refractivity contribution in [1.82, 2.24) is 0 Å². The zero-order chi connectivity index (χ0) is 14.7. The number of ether oxygens (including phenoxy) is 3. The van der Waals surface area contributed by atoms with Crippen molar-refractivity contribution >= 4 is 11.9 Å². The summed E-state index contributed by atoms with van der Waals surface area (Å²) in [6.07, 6.45) is -1.05. The van der Waals surface area contributed by atoms with E-state index in [4.69, 9.17) is 14.2 Å². The lowest BCUT2D eigenvalue weighted by Crippen LogP contribution is -2.49. The molecule has 3 aliphatic rings. The number of carbonyl (C=O) groups is 2. The predicted molar refractivity (Wildman–Crippen MR) is 65.2 cm³/mol. The average Bonchev–Trinajstić information content (AvgIpc) is 3.00. The Hall–Kier alpha value is -1.61. The van der Waals surface area contributed by atoms with E-state index in [0.717, 1.165) is 0 Å². The molecule has 108 valence electrons. The number of hydrogen-bond donors (Lipinski definition) is 0. The summed E-state index contributed by atoms with van der Waals surface area (Å²) < 4.78 is 16.4. The summed E-state index contributed by atoms with van der Waals surface area (Å²) in [5.74, 6) is -1.14. The van der Waals surface area contributed by atoms with Gasteiger partial charge in [0.25, 0.3) is 0 Å². The third-order valence-corrected chi connectivity index (χ3v) is 4.76. The SMILES string of the molecule is CCC(C)(C)C(=O)OC1C2OC(=O)C3CC1(C#N)OC32. The van der Waals surface area contributed by atoms with E-state index in [2.05, 4.69) is 6.07 Å². The lowest BCUT2D eigenvalue weighted by molar-refractivity contribution is -0.172. The van der Waals surface area contributed by atoms with Crippen LogP contribution in [0.4, 0.5) is 0 Å². The molecule has 0 radical (unpaired) electrons. The summed E-state index contributed by atoms with van der Waals surface area (Å²) in [7, 11) is 0. The Bertz CT molecular complexity index is 522. The Kier molecular flexibility index (Phi) is 2.64. The van der Waals surface area contributed by atoms with Crippen molar-refractivity contribution in [3.63, 3.8) is 0 Å². The first kappa shape index (κ1) is 13.4. The summed E-state index contributed by atoms with van der Waals surface area (Å²) in [5, 5.41) is 9.40. The highest BCUT2D eigenvalue weighted by Crippen LogP contribution is 2.53. The van der Waals surface area contributed by atoms with Gasteiger partial charge in [0, 0.05) is 6.42 Å². The highest BCUT2D eigenvalue weighted by molar-refractivity contribution is 5.79. The minimum Gasteiger partial charge on any atom is -0.455 e. The monoisotopic (exact) mass is 279 g/mol. The van der Waals surface area contributed by atoms with Crippen LogP contribution in [0.3, 0.4) is 0 Å². The van der Waals surface area contributed by atoms with Crippen LogP contribution < -0.4 is 0 Å². The van der Waals surface area contributed by atoms with Gasteiger partial charge in [-0.3, -0.25) is 9.59 Å². The lowest BCUT2D eigenvalue weighted by Gasteiger charge is -2.30. The van der Waals surface area contributed by atoms with Gasteiger partial charge >= 0.3 is 11.9 Å². The number of esters is 2. The van der Waals surface area contributed by atoms with E-state index in [1.807, 2.05) is 6.92 Å². The van der Waals surface area contributed by atoms with Crippen molar-refractivity contribution in [1.29, 1.82) is 5.26 Å². The van der Waals surface area contributed by atoms with Gasteiger partial charge in [-0.25, -0.2) is 0 Å². The molecule has 5 atom stereocenters. The molecule has 0 aliphatic carbocycles. The van der Waals surface area contributed by atoms with E-state index >= 15 is 0 Å². The van der Waals surface area contributed by atoms with Crippen LogP contribution in [0.25, 0.3) is 0 Å². The molecule has 0 aromatic carbocycles. The first-order valence-electron chi connectivity index (χ1n) is 6.85. The van der Waals surface area contributed by atoms with Gasteiger partial charge < -0.3 is 14.2 Å². The summed E-state index contributed by atoms with van der Waals surface area (Å²) in [4.78, 5) is 23.9. The van der Waals surface area contributed by atoms with Crippen molar-refractivity contribution in [3.05, 3.63) is 0 Å². The number of fused-ring (bicyclic) bond motifs is 1. The van der Waals surface area contributed by atoms with Crippen molar-refractivity contribution in [2.75, 3.05) is 0 Å². The highest BCUT2D eigenvalue weighted by Gasteiger charge is 2.73. The molecule has 6 nitrogen and oxygen atoms in total. The fraction of sp³-hybridized carbons (Fsp3) is 0.786. The van der Waals surface area contributed by atoms with Gasteiger partial charge in [-0.05, 0) is 20.3 Å². The minimum atomic E-state index is -1.23. The maximum atomic E-state index is 12.2. The standard InChI is InChI=1S/C14H17NO5/c1-4-13(2,3)12(17)19-10-9-8-7(11(16)18-9)5-14(10,6-15)20-8/h7-10H,4-5H2,1-3H3. The summed E-state index contributed by atoms with van der Waals surface area (Å²) >= 11 is 0. The number of nitrogens with zero attached hydrogens (tertiary/aromatic N) is 1. The molecule has 5 unspecified atom stereocenters. The quantitative estimate of drug-likeness (QED) is 0.715. The molecule has 3 aliphatic heterocycles. The van der Waals surface area contributed by atoms with Crippen molar-refractivity contribution < 1.29 is 23.8 Å². The molecular weight excluding hydrogens is 262 g/mol. The fourth-order valence-corrected chi connectivity index (χ4v) is 3.02. The summed E-state index contributed by atoms with van der Waals surface area (Å²) in [5.41, 5.74) is -1.87. The first-order chi connectivity index (χ1) is 9.34. The Balaban J connectivity index is 1.86. The van der Waals surface area contributed by atoms with Crippen LogP contribution in [-0.2, 0) is 23.8 Å². The highest BCUT2D eigenvalue weighted by atomic mass is 16.7. The zero-order valence-corrected chi connectivity index (χ0v) is 11.7. The third kappa shape index (κ3) is 1.53. The van der Waals surface area contributed by atoms with Gasteiger partial charge in [0.1, 0.15) is 12.2 Å². The summed E-state index contributed by atoms with van der Waals surface area (Å²) in [6.45, 7) is 5.46. The van der Waals surface area contributed by atoms with Crippen LogP contribution in [-0.4, -0.2) is 35.9 Å². The molecule has 3 heterocycles. The molecule has 2 bridgehead atoms. The van der Waals surface area contributed by atoms with Crippen LogP contribution in [0.2, 0.25) is 0 Å². The number of hydrogen-bond acceptors (Lipinski definition) is 6.